The highest BCUT2D eigenvalue weighted by Gasteiger charge is 2.16. The molecule has 2 aromatic rings. The van der Waals surface area contributed by atoms with Crippen molar-refractivity contribution in [2.45, 2.75) is 20.0 Å². The van der Waals surface area contributed by atoms with E-state index in [1.165, 1.54) is 4.68 Å². The second-order valence-electron chi connectivity index (χ2n) is 4.88. The lowest BCUT2D eigenvalue weighted by Crippen LogP contribution is -2.35. The Bertz CT molecular complexity index is 719. The van der Waals surface area contributed by atoms with Crippen LogP contribution < -0.4 is 10.7 Å². The number of amides is 1. The van der Waals surface area contributed by atoms with Gasteiger partial charge < -0.3 is 10.4 Å². The maximum absolute atomic E-state index is 12.3. The average Bonchev–Trinajstić information content (AvgIpc) is 2.40. The molecule has 1 amide bonds. The SMILES string of the molecule is Cc1ccc2c(c1)c(=O)c(C(=O)NCC(C)O)nn2C. The number of fused-ring (bicyclic) bond motifs is 1. The lowest BCUT2D eigenvalue weighted by Gasteiger charge is -2.09. The van der Waals surface area contributed by atoms with E-state index in [-0.39, 0.29) is 12.2 Å². The van der Waals surface area contributed by atoms with Gasteiger partial charge in [0, 0.05) is 13.6 Å². The summed E-state index contributed by atoms with van der Waals surface area (Å²) in [5, 5.41) is 16.1. The summed E-state index contributed by atoms with van der Waals surface area (Å²) in [6.45, 7) is 3.51. The number of aliphatic hydroxyl groups is 1. The summed E-state index contributed by atoms with van der Waals surface area (Å²) in [6, 6.07) is 5.43. The minimum atomic E-state index is -0.675. The summed E-state index contributed by atoms with van der Waals surface area (Å²) >= 11 is 0. The van der Waals surface area contributed by atoms with Crippen molar-refractivity contribution in [1.29, 1.82) is 0 Å². The Morgan fingerprint density at radius 1 is 1.50 bits per heavy atom. The van der Waals surface area contributed by atoms with E-state index in [1.807, 2.05) is 13.0 Å². The van der Waals surface area contributed by atoms with Crippen molar-refractivity contribution in [2.75, 3.05) is 6.54 Å². The van der Waals surface area contributed by atoms with Gasteiger partial charge in [-0.2, -0.15) is 5.10 Å². The summed E-state index contributed by atoms with van der Waals surface area (Å²) < 4.78 is 1.51. The minimum Gasteiger partial charge on any atom is -0.392 e. The number of hydrogen-bond acceptors (Lipinski definition) is 4. The molecule has 1 unspecified atom stereocenters. The smallest absolute Gasteiger partial charge is 0.275 e. The molecule has 2 N–H and O–H groups in total. The highest BCUT2D eigenvalue weighted by Crippen LogP contribution is 2.11. The fourth-order valence-corrected chi connectivity index (χ4v) is 1.96. The van der Waals surface area contributed by atoms with E-state index in [2.05, 4.69) is 10.4 Å². The van der Waals surface area contributed by atoms with Gasteiger partial charge in [-0.3, -0.25) is 14.3 Å². The monoisotopic (exact) mass is 275 g/mol. The molecule has 0 radical (unpaired) electrons. The van der Waals surface area contributed by atoms with Crippen molar-refractivity contribution in [3.05, 3.63) is 39.7 Å². The van der Waals surface area contributed by atoms with Crippen molar-refractivity contribution < 1.29 is 9.90 Å². The molecule has 0 aliphatic heterocycles. The van der Waals surface area contributed by atoms with Crippen LogP contribution in [0.4, 0.5) is 0 Å². The zero-order valence-corrected chi connectivity index (χ0v) is 11.7. The molecule has 6 nitrogen and oxygen atoms in total. The maximum Gasteiger partial charge on any atom is 0.275 e. The summed E-state index contributed by atoms with van der Waals surface area (Å²) in [7, 11) is 1.68. The van der Waals surface area contributed by atoms with E-state index in [1.54, 1.807) is 26.1 Å². The molecule has 0 saturated heterocycles. The topological polar surface area (TPSA) is 84.2 Å². The highest BCUT2D eigenvalue weighted by molar-refractivity contribution is 5.95. The second-order valence-corrected chi connectivity index (χ2v) is 4.88. The first-order valence-corrected chi connectivity index (χ1v) is 6.34. The summed E-state index contributed by atoms with van der Waals surface area (Å²) in [5.74, 6) is -0.574. The predicted molar refractivity (Wildman–Crippen MR) is 75.7 cm³/mol. The first-order chi connectivity index (χ1) is 9.40. The van der Waals surface area contributed by atoms with Crippen LogP contribution in [0.2, 0.25) is 0 Å². The Balaban J connectivity index is 2.52. The van der Waals surface area contributed by atoms with Crippen molar-refractivity contribution in [1.82, 2.24) is 15.1 Å². The number of hydrogen-bond donors (Lipinski definition) is 2. The number of aryl methyl sites for hydroxylation is 2. The van der Waals surface area contributed by atoms with Gasteiger partial charge in [0.15, 0.2) is 5.69 Å². The third-order valence-electron chi connectivity index (χ3n) is 2.98. The molecule has 6 heteroatoms. The van der Waals surface area contributed by atoms with Gasteiger partial charge >= 0.3 is 0 Å². The second kappa shape index (κ2) is 5.42. The zero-order valence-electron chi connectivity index (χ0n) is 11.7. The number of carbonyl (C=O) groups excluding carboxylic acids is 1. The van der Waals surface area contributed by atoms with Crippen molar-refractivity contribution in [3.8, 4) is 0 Å². The minimum absolute atomic E-state index is 0.0789. The van der Waals surface area contributed by atoms with Gasteiger partial charge in [-0.05, 0) is 26.0 Å². The molecule has 1 aromatic carbocycles. The van der Waals surface area contributed by atoms with E-state index in [9.17, 15) is 9.59 Å². The first kappa shape index (κ1) is 14.2. The van der Waals surface area contributed by atoms with Gasteiger partial charge in [0.1, 0.15) is 0 Å². The van der Waals surface area contributed by atoms with Gasteiger partial charge in [0.05, 0.1) is 17.0 Å². The Hall–Kier alpha value is -2.21. The largest absolute Gasteiger partial charge is 0.392 e. The van der Waals surface area contributed by atoms with Gasteiger partial charge in [-0.25, -0.2) is 0 Å². The van der Waals surface area contributed by atoms with E-state index in [0.717, 1.165) is 5.56 Å². The Morgan fingerprint density at radius 3 is 2.85 bits per heavy atom. The molecule has 1 heterocycles. The van der Waals surface area contributed by atoms with Gasteiger partial charge in [-0.15, -0.1) is 0 Å². The number of carbonyl (C=O) groups is 1. The fourth-order valence-electron chi connectivity index (χ4n) is 1.96. The number of nitrogens with one attached hydrogen (secondary N) is 1. The summed E-state index contributed by atoms with van der Waals surface area (Å²) in [5.41, 5.74) is 1.06. The molecule has 0 spiro atoms. The first-order valence-electron chi connectivity index (χ1n) is 6.34. The number of rotatable bonds is 3. The van der Waals surface area contributed by atoms with Gasteiger partial charge in [0.25, 0.3) is 5.91 Å². The van der Waals surface area contributed by atoms with Crippen LogP contribution in [0.25, 0.3) is 10.9 Å². The van der Waals surface area contributed by atoms with Crippen LogP contribution in [-0.2, 0) is 7.05 Å². The molecule has 20 heavy (non-hydrogen) atoms. The summed E-state index contributed by atoms with van der Waals surface area (Å²) in [4.78, 5) is 24.3. The molecular weight excluding hydrogens is 258 g/mol. The number of nitrogens with zero attached hydrogens (tertiary/aromatic N) is 2. The molecule has 0 bridgehead atoms. The van der Waals surface area contributed by atoms with Crippen molar-refractivity contribution in [3.63, 3.8) is 0 Å². The molecule has 0 saturated carbocycles. The van der Waals surface area contributed by atoms with Crippen LogP contribution in [0.5, 0.6) is 0 Å². The fraction of sp³-hybridized carbons (Fsp3) is 0.357. The Labute approximate surface area is 116 Å². The molecule has 106 valence electrons. The van der Waals surface area contributed by atoms with Crippen LogP contribution >= 0.6 is 0 Å². The molecule has 2 rings (SSSR count). The molecule has 1 atom stereocenters. The highest BCUT2D eigenvalue weighted by atomic mass is 16.3. The third kappa shape index (κ3) is 2.70. The quantitative estimate of drug-likeness (QED) is 0.846. The maximum atomic E-state index is 12.3. The van der Waals surface area contributed by atoms with Gasteiger partial charge in [-0.1, -0.05) is 11.6 Å². The lowest BCUT2D eigenvalue weighted by atomic mass is 10.1. The molecule has 0 aliphatic rings. The zero-order chi connectivity index (χ0) is 14.9. The van der Waals surface area contributed by atoms with Crippen LogP contribution in [0, 0.1) is 6.92 Å². The molecular formula is C14H17N3O3. The predicted octanol–water partition coefficient (Wildman–Crippen LogP) is 0.353. The van der Waals surface area contributed by atoms with E-state index >= 15 is 0 Å². The van der Waals surface area contributed by atoms with E-state index in [4.69, 9.17) is 5.11 Å². The number of benzene rings is 1. The molecule has 0 fully saturated rings. The molecule has 0 aliphatic carbocycles. The Kier molecular flexibility index (Phi) is 3.85. The number of aromatic nitrogens is 2. The van der Waals surface area contributed by atoms with Crippen molar-refractivity contribution >= 4 is 16.8 Å². The van der Waals surface area contributed by atoms with E-state index in [0.29, 0.717) is 10.9 Å². The summed E-state index contributed by atoms with van der Waals surface area (Å²) in [6.07, 6.45) is -0.675. The van der Waals surface area contributed by atoms with Crippen LogP contribution in [-0.4, -0.2) is 33.4 Å². The average molecular weight is 275 g/mol. The van der Waals surface area contributed by atoms with Gasteiger partial charge in [0.2, 0.25) is 5.43 Å². The van der Waals surface area contributed by atoms with Crippen molar-refractivity contribution in [2.24, 2.45) is 7.05 Å². The van der Waals surface area contributed by atoms with Crippen LogP contribution in [0.1, 0.15) is 23.0 Å². The Morgan fingerprint density at radius 2 is 2.20 bits per heavy atom. The van der Waals surface area contributed by atoms with E-state index < -0.39 is 17.4 Å². The van der Waals surface area contributed by atoms with Crippen LogP contribution in [0.15, 0.2) is 23.0 Å². The lowest BCUT2D eigenvalue weighted by molar-refractivity contribution is 0.0916. The normalized spacial score (nSPS) is 12.4. The standard InChI is InChI=1S/C14H17N3O3/c1-8-4-5-11-10(6-8)13(19)12(16-17(11)3)14(20)15-7-9(2)18/h4-6,9,18H,7H2,1-3H3,(H,15,20). The number of aliphatic hydroxyl groups excluding tert-OH is 1. The molecule has 1 aromatic heterocycles. The third-order valence-corrected chi connectivity index (χ3v) is 2.98. The van der Waals surface area contributed by atoms with Crippen LogP contribution in [0.3, 0.4) is 0 Å².